The number of fused-ring (bicyclic) bond motifs is 1. The van der Waals surface area contributed by atoms with Gasteiger partial charge in [0.25, 0.3) is 10.0 Å². The van der Waals surface area contributed by atoms with Gasteiger partial charge in [0, 0.05) is 5.02 Å². The molecule has 178 valence electrons. The Morgan fingerprint density at radius 3 is 2.47 bits per heavy atom. The van der Waals surface area contributed by atoms with Crippen molar-refractivity contribution in [2.24, 2.45) is 0 Å². The normalized spacial score (nSPS) is 13.9. The molecule has 0 saturated heterocycles. The maximum absolute atomic E-state index is 13.6. The fourth-order valence-corrected chi connectivity index (χ4v) is 6.01. The number of aryl methyl sites for hydroxylation is 3. The summed E-state index contributed by atoms with van der Waals surface area (Å²) < 4.78 is 28.4. The number of halogens is 1. The van der Waals surface area contributed by atoms with Crippen LogP contribution in [0, 0.1) is 13.8 Å². The average molecular weight is 497 g/mol. The molecule has 1 N–H and O–H groups in total. The van der Waals surface area contributed by atoms with Crippen LogP contribution < -0.4 is 9.62 Å². The summed E-state index contributed by atoms with van der Waals surface area (Å²) in [5, 5.41) is 3.41. The highest BCUT2D eigenvalue weighted by molar-refractivity contribution is 7.92. The Labute approximate surface area is 206 Å². The molecule has 3 aromatic carbocycles. The molecule has 0 saturated carbocycles. The molecule has 0 bridgehead atoms. The van der Waals surface area contributed by atoms with Crippen molar-refractivity contribution in [1.82, 2.24) is 5.32 Å². The van der Waals surface area contributed by atoms with Gasteiger partial charge in [0.05, 0.1) is 16.6 Å². The summed E-state index contributed by atoms with van der Waals surface area (Å²) in [5.41, 5.74) is 5.64. The molecule has 1 amide bonds. The minimum absolute atomic E-state index is 0.122. The predicted molar refractivity (Wildman–Crippen MR) is 137 cm³/mol. The molecule has 0 heterocycles. The van der Waals surface area contributed by atoms with Crippen molar-refractivity contribution in [2.75, 3.05) is 10.8 Å². The number of nitrogens with one attached hydrogen (secondary N) is 1. The van der Waals surface area contributed by atoms with Crippen LogP contribution in [0.25, 0.3) is 0 Å². The highest BCUT2D eigenvalue weighted by atomic mass is 35.5. The number of rotatable bonds is 7. The summed E-state index contributed by atoms with van der Waals surface area (Å²) >= 11 is 6.30. The third-order valence-corrected chi connectivity index (χ3v) is 8.59. The lowest BCUT2D eigenvalue weighted by molar-refractivity contribution is -0.120. The van der Waals surface area contributed by atoms with E-state index in [9.17, 15) is 13.2 Å². The van der Waals surface area contributed by atoms with Gasteiger partial charge < -0.3 is 5.32 Å². The zero-order chi connectivity index (χ0) is 24.5. The lowest BCUT2D eigenvalue weighted by atomic mass is 10.0. The lowest BCUT2D eigenvalue weighted by Gasteiger charge is -2.27. The number of amides is 1. The predicted octanol–water partition coefficient (Wildman–Crippen LogP) is 5.52. The SMILES string of the molecule is Cc1ccc(S(=O)(=O)N(CC(=O)N[C@H](C)c2ccc3c(c2)CCC3)c2cccc(Cl)c2C)cc1. The molecule has 0 unspecified atom stereocenters. The van der Waals surface area contributed by atoms with E-state index in [0.29, 0.717) is 16.3 Å². The molecular formula is C27H29ClN2O3S. The highest BCUT2D eigenvalue weighted by Crippen LogP contribution is 2.31. The van der Waals surface area contributed by atoms with Crippen molar-refractivity contribution in [1.29, 1.82) is 0 Å². The van der Waals surface area contributed by atoms with Crippen LogP contribution in [0.3, 0.4) is 0 Å². The van der Waals surface area contributed by atoms with E-state index < -0.39 is 10.0 Å². The van der Waals surface area contributed by atoms with E-state index in [2.05, 4.69) is 17.4 Å². The van der Waals surface area contributed by atoms with Gasteiger partial charge in [-0.15, -0.1) is 0 Å². The van der Waals surface area contributed by atoms with E-state index in [1.807, 2.05) is 19.9 Å². The van der Waals surface area contributed by atoms with Crippen LogP contribution in [0.4, 0.5) is 5.69 Å². The van der Waals surface area contributed by atoms with Gasteiger partial charge in [-0.2, -0.15) is 0 Å². The van der Waals surface area contributed by atoms with Gasteiger partial charge in [0.15, 0.2) is 0 Å². The van der Waals surface area contributed by atoms with Gasteiger partial charge in [-0.05, 0) is 86.6 Å². The number of nitrogens with zero attached hydrogens (tertiary/aromatic N) is 1. The fourth-order valence-electron chi connectivity index (χ4n) is 4.37. The molecular weight excluding hydrogens is 468 g/mol. The monoisotopic (exact) mass is 496 g/mol. The first-order chi connectivity index (χ1) is 16.2. The molecule has 5 nitrogen and oxygen atoms in total. The van der Waals surface area contributed by atoms with Crippen LogP contribution in [0.5, 0.6) is 0 Å². The van der Waals surface area contributed by atoms with E-state index in [-0.39, 0.29) is 23.4 Å². The first-order valence-electron chi connectivity index (χ1n) is 11.4. The minimum Gasteiger partial charge on any atom is -0.348 e. The molecule has 1 atom stereocenters. The van der Waals surface area contributed by atoms with Crippen LogP contribution in [0.15, 0.2) is 65.6 Å². The largest absolute Gasteiger partial charge is 0.348 e. The second kappa shape index (κ2) is 9.80. The second-order valence-corrected chi connectivity index (χ2v) is 11.1. The van der Waals surface area contributed by atoms with Gasteiger partial charge in [-0.25, -0.2) is 8.42 Å². The third-order valence-electron chi connectivity index (χ3n) is 6.40. The van der Waals surface area contributed by atoms with E-state index in [1.54, 1.807) is 49.4 Å². The summed E-state index contributed by atoms with van der Waals surface area (Å²) in [6.45, 7) is 5.20. The number of hydrogen-bond donors (Lipinski definition) is 1. The van der Waals surface area contributed by atoms with Crippen molar-refractivity contribution < 1.29 is 13.2 Å². The molecule has 0 aliphatic heterocycles. The quantitative estimate of drug-likeness (QED) is 0.468. The standard InChI is InChI=1S/C27H29ClN2O3S/c1-18-10-14-24(15-11-18)34(32,33)30(26-9-5-8-25(28)19(26)2)17-27(31)29-20(3)22-13-12-21-6-4-7-23(21)16-22/h5,8-16,20H,4,6-7,17H2,1-3H3,(H,29,31)/t20-/m1/s1. The Hall–Kier alpha value is -2.83. The Morgan fingerprint density at radius 1 is 1.03 bits per heavy atom. The summed E-state index contributed by atoms with van der Waals surface area (Å²) in [4.78, 5) is 13.2. The topological polar surface area (TPSA) is 66.5 Å². The van der Waals surface area contributed by atoms with Crippen LogP contribution >= 0.6 is 11.6 Å². The van der Waals surface area contributed by atoms with Crippen molar-refractivity contribution in [3.8, 4) is 0 Å². The molecule has 7 heteroatoms. The summed E-state index contributed by atoms with van der Waals surface area (Å²) in [6.07, 6.45) is 3.31. The third kappa shape index (κ3) is 4.98. The smallest absolute Gasteiger partial charge is 0.264 e. The van der Waals surface area contributed by atoms with Crippen molar-refractivity contribution in [3.63, 3.8) is 0 Å². The van der Waals surface area contributed by atoms with Crippen LogP contribution in [-0.2, 0) is 27.7 Å². The van der Waals surface area contributed by atoms with Gasteiger partial charge in [0.1, 0.15) is 6.54 Å². The first-order valence-corrected chi connectivity index (χ1v) is 13.2. The molecule has 0 radical (unpaired) electrons. The van der Waals surface area contributed by atoms with E-state index >= 15 is 0 Å². The van der Waals surface area contributed by atoms with Gasteiger partial charge in [0.2, 0.25) is 5.91 Å². The number of carbonyl (C=O) groups excluding carboxylic acids is 1. The molecule has 34 heavy (non-hydrogen) atoms. The Balaban J connectivity index is 1.62. The lowest BCUT2D eigenvalue weighted by Crippen LogP contribution is -2.42. The number of carbonyl (C=O) groups is 1. The summed E-state index contributed by atoms with van der Waals surface area (Å²) in [7, 11) is -4.00. The molecule has 4 rings (SSSR count). The molecule has 1 aliphatic carbocycles. The fraction of sp³-hybridized carbons (Fsp3) is 0.296. The molecule has 0 spiro atoms. The van der Waals surface area contributed by atoms with Crippen molar-refractivity contribution >= 4 is 33.2 Å². The Morgan fingerprint density at radius 2 is 1.74 bits per heavy atom. The Bertz CT molecular complexity index is 1320. The second-order valence-electron chi connectivity index (χ2n) is 8.88. The van der Waals surface area contributed by atoms with E-state index in [4.69, 9.17) is 11.6 Å². The first kappa shape index (κ1) is 24.3. The van der Waals surface area contributed by atoms with Crippen LogP contribution in [0.2, 0.25) is 5.02 Å². The summed E-state index contributed by atoms with van der Waals surface area (Å²) in [6, 6.07) is 17.7. The van der Waals surface area contributed by atoms with Gasteiger partial charge in [-0.1, -0.05) is 53.6 Å². The summed E-state index contributed by atoms with van der Waals surface area (Å²) in [5.74, 6) is -0.386. The maximum atomic E-state index is 13.6. The van der Waals surface area contributed by atoms with E-state index in [0.717, 1.165) is 34.7 Å². The molecule has 0 aromatic heterocycles. The number of hydrogen-bond acceptors (Lipinski definition) is 3. The minimum atomic E-state index is -4.00. The van der Waals surface area contributed by atoms with Crippen LogP contribution in [-0.4, -0.2) is 20.9 Å². The average Bonchev–Trinajstić information content (AvgIpc) is 3.28. The Kier molecular flexibility index (Phi) is 7.01. The zero-order valence-corrected chi connectivity index (χ0v) is 21.2. The van der Waals surface area contributed by atoms with Crippen molar-refractivity contribution in [2.45, 2.75) is 51.0 Å². The van der Waals surface area contributed by atoms with E-state index in [1.165, 1.54) is 11.1 Å². The number of sulfonamides is 1. The molecule has 1 aliphatic rings. The highest BCUT2D eigenvalue weighted by Gasteiger charge is 2.29. The van der Waals surface area contributed by atoms with Crippen molar-refractivity contribution in [3.05, 3.63) is 93.5 Å². The number of anilines is 1. The van der Waals surface area contributed by atoms with Gasteiger partial charge >= 0.3 is 0 Å². The zero-order valence-electron chi connectivity index (χ0n) is 19.6. The van der Waals surface area contributed by atoms with Gasteiger partial charge in [-0.3, -0.25) is 9.10 Å². The number of benzene rings is 3. The van der Waals surface area contributed by atoms with Crippen LogP contribution in [0.1, 0.15) is 47.2 Å². The molecule has 3 aromatic rings. The molecule has 0 fully saturated rings. The maximum Gasteiger partial charge on any atom is 0.264 e.